The number of nitrogens with two attached hydrogens (primary N) is 2. The normalized spacial score (nSPS) is 12.4. The average molecular weight is 228 g/mol. The first-order valence-corrected chi connectivity index (χ1v) is 5.05. The Balaban J connectivity index is 2.71. The number of rotatable bonds is 4. The van der Waals surface area contributed by atoms with Crippen molar-refractivity contribution >= 4 is 23.2 Å². The molecule has 0 fully saturated rings. The molecule has 0 aliphatic rings. The van der Waals surface area contributed by atoms with E-state index < -0.39 is 0 Å². The number of primary amides is 1. The standard InChI is InChI=1S/C10H14ClN3O/c1-6(3-10(13)15)2-7-4-9(11)14-5-8(7)12/h4-6H,2-3,12H2,1H3,(H2,13,15). The molecular weight excluding hydrogens is 214 g/mol. The van der Waals surface area contributed by atoms with Crippen LogP contribution in [0.15, 0.2) is 12.3 Å². The summed E-state index contributed by atoms with van der Waals surface area (Å²) in [5.74, 6) is -0.149. The fourth-order valence-corrected chi connectivity index (χ4v) is 1.63. The SMILES string of the molecule is CC(CC(N)=O)Cc1cc(Cl)ncc1N. The molecule has 82 valence electrons. The average Bonchev–Trinajstić information content (AvgIpc) is 2.10. The Bertz CT molecular complexity index is 368. The number of halogens is 1. The van der Waals surface area contributed by atoms with Gasteiger partial charge in [-0.05, 0) is 24.0 Å². The van der Waals surface area contributed by atoms with Crippen molar-refractivity contribution in [2.45, 2.75) is 19.8 Å². The zero-order chi connectivity index (χ0) is 11.4. The van der Waals surface area contributed by atoms with Gasteiger partial charge in [0.2, 0.25) is 5.91 Å². The molecule has 1 aromatic heterocycles. The van der Waals surface area contributed by atoms with Crippen LogP contribution in [0.25, 0.3) is 0 Å². The summed E-state index contributed by atoms with van der Waals surface area (Å²) in [6, 6.07) is 1.72. The predicted octanol–water partition coefficient (Wildman–Crippen LogP) is 1.37. The summed E-state index contributed by atoms with van der Waals surface area (Å²) < 4.78 is 0. The summed E-state index contributed by atoms with van der Waals surface area (Å²) in [4.78, 5) is 14.6. The molecule has 15 heavy (non-hydrogen) atoms. The van der Waals surface area contributed by atoms with Crippen LogP contribution >= 0.6 is 11.6 Å². The van der Waals surface area contributed by atoms with Crippen LogP contribution in [0.4, 0.5) is 5.69 Å². The van der Waals surface area contributed by atoms with E-state index in [4.69, 9.17) is 23.1 Å². The van der Waals surface area contributed by atoms with E-state index in [0.29, 0.717) is 23.7 Å². The monoisotopic (exact) mass is 227 g/mol. The van der Waals surface area contributed by atoms with E-state index in [-0.39, 0.29) is 11.8 Å². The van der Waals surface area contributed by atoms with Gasteiger partial charge in [0.25, 0.3) is 0 Å². The zero-order valence-electron chi connectivity index (χ0n) is 8.53. The molecule has 0 radical (unpaired) electrons. The van der Waals surface area contributed by atoms with Gasteiger partial charge in [-0.2, -0.15) is 0 Å². The number of aromatic nitrogens is 1. The summed E-state index contributed by atoms with van der Waals surface area (Å²) in [6.45, 7) is 1.94. The number of hydrogen-bond donors (Lipinski definition) is 2. The summed E-state index contributed by atoms with van der Waals surface area (Å²) in [6.07, 6.45) is 2.55. The lowest BCUT2D eigenvalue weighted by molar-refractivity contribution is -0.118. The molecule has 0 saturated carbocycles. The van der Waals surface area contributed by atoms with Gasteiger partial charge in [-0.1, -0.05) is 18.5 Å². The van der Waals surface area contributed by atoms with Gasteiger partial charge in [0.05, 0.1) is 11.9 Å². The third-order valence-corrected chi connectivity index (χ3v) is 2.32. The van der Waals surface area contributed by atoms with Gasteiger partial charge in [-0.15, -0.1) is 0 Å². The zero-order valence-corrected chi connectivity index (χ0v) is 9.29. The van der Waals surface area contributed by atoms with E-state index in [1.54, 1.807) is 6.07 Å². The Labute approximate surface area is 93.6 Å². The van der Waals surface area contributed by atoms with Crippen molar-refractivity contribution in [3.8, 4) is 0 Å². The molecule has 1 rings (SSSR count). The molecule has 5 heteroatoms. The van der Waals surface area contributed by atoms with Gasteiger partial charge in [0.1, 0.15) is 5.15 Å². The van der Waals surface area contributed by atoms with Crippen molar-refractivity contribution in [1.29, 1.82) is 0 Å². The number of nitrogen functional groups attached to an aromatic ring is 1. The van der Waals surface area contributed by atoms with Gasteiger partial charge in [0, 0.05) is 6.42 Å². The fourth-order valence-electron chi connectivity index (χ4n) is 1.45. The Hall–Kier alpha value is -1.29. The molecular formula is C10H14ClN3O. The Morgan fingerprint density at radius 2 is 2.33 bits per heavy atom. The minimum absolute atomic E-state index is 0.156. The fraction of sp³-hybridized carbons (Fsp3) is 0.400. The lowest BCUT2D eigenvalue weighted by Gasteiger charge is -2.11. The highest BCUT2D eigenvalue weighted by atomic mass is 35.5. The van der Waals surface area contributed by atoms with Crippen molar-refractivity contribution in [3.05, 3.63) is 23.0 Å². The molecule has 1 atom stereocenters. The van der Waals surface area contributed by atoms with Gasteiger partial charge >= 0.3 is 0 Å². The van der Waals surface area contributed by atoms with Crippen LogP contribution in [0.3, 0.4) is 0 Å². The molecule has 4 N–H and O–H groups in total. The molecule has 0 aliphatic heterocycles. The molecule has 1 heterocycles. The van der Waals surface area contributed by atoms with Gasteiger partial charge in [0.15, 0.2) is 0 Å². The van der Waals surface area contributed by atoms with E-state index in [1.807, 2.05) is 6.92 Å². The van der Waals surface area contributed by atoms with Crippen LogP contribution in [0.5, 0.6) is 0 Å². The molecule has 0 aliphatic carbocycles. The maximum Gasteiger partial charge on any atom is 0.217 e. The minimum atomic E-state index is -0.304. The molecule has 1 aromatic rings. The largest absolute Gasteiger partial charge is 0.397 e. The van der Waals surface area contributed by atoms with E-state index in [1.165, 1.54) is 6.20 Å². The summed E-state index contributed by atoms with van der Waals surface area (Å²) in [5.41, 5.74) is 12.3. The number of pyridine rings is 1. The molecule has 0 bridgehead atoms. The van der Waals surface area contributed by atoms with Crippen molar-refractivity contribution in [2.75, 3.05) is 5.73 Å². The number of carbonyl (C=O) groups is 1. The lowest BCUT2D eigenvalue weighted by Crippen LogP contribution is -2.16. The molecule has 1 unspecified atom stereocenters. The molecule has 4 nitrogen and oxygen atoms in total. The Morgan fingerprint density at radius 3 is 2.93 bits per heavy atom. The van der Waals surface area contributed by atoms with E-state index >= 15 is 0 Å². The number of anilines is 1. The second-order valence-electron chi connectivity index (χ2n) is 3.69. The van der Waals surface area contributed by atoms with Crippen LogP contribution in [-0.4, -0.2) is 10.9 Å². The van der Waals surface area contributed by atoms with Gasteiger partial charge < -0.3 is 11.5 Å². The second kappa shape index (κ2) is 4.98. The van der Waals surface area contributed by atoms with Crippen molar-refractivity contribution in [2.24, 2.45) is 11.7 Å². The number of amides is 1. The van der Waals surface area contributed by atoms with E-state index in [0.717, 1.165) is 5.56 Å². The molecule has 1 amide bonds. The summed E-state index contributed by atoms with van der Waals surface area (Å²) in [5, 5.41) is 0.408. The third-order valence-electron chi connectivity index (χ3n) is 2.11. The number of hydrogen-bond acceptors (Lipinski definition) is 3. The van der Waals surface area contributed by atoms with E-state index in [2.05, 4.69) is 4.98 Å². The Morgan fingerprint density at radius 1 is 1.67 bits per heavy atom. The van der Waals surface area contributed by atoms with Crippen LogP contribution in [0, 0.1) is 5.92 Å². The number of carbonyl (C=O) groups excluding carboxylic acids is 1. The molecule has 0 saturated heterocycles. The van der Waals surface area contributed by atoms with Gasteiger partial charge in [-0.25, -0.2) is 4.98 Å². The van der Waals surface area contributed by atoms with Crippen molar-refractivity contribution < 1.29 is 4.79 Å². The minimum Gasteiger partial charge on any atom is -0.397 e. The van der Waals surface area contributed by atoms with Crippen LogP contribution in [0.1, 0.15) is 18.9 Å². The highest BCUT2D eigenvalue weighted by Crippen LogP contribution is 2.19. The quantitative estimate of drug-likeness (QED) is 0.763. The third kappa shape index (κ3) is 3.75. The summed E-state index contributed by atoms with van der Waals surface area (Å²) in [7, 11) is 0. The topological polar surface area (TPSA) is 82.0 Å². The Kier molecular flexibility index (Phi) is 3.91. The lowest BCUT2D eigenvalue weighted by atomic mass is 9.98. The van der Waals surface area contributed by atoms with Crippen molar-refractivity contribution in [1.82, 2.24) is 4.98 Å². The highest BCUT2D eigenvalue weighted by molar-refractivity contribution is 6.29. The van der Waals surface area contributed by atoms with Crippen LogP contribution < -0.4 is 11.5 Å². The predicted molar refractivity (Wildman–Crippen MR) is 60.3 cm³/mol. The highest BCUT2D eigenvalue weighted by Gasteiger charge is 2.10. The smallest absolute Gasteiger partial charge is 0.217 e. The summed E-state index contributed by atoms with van der Waals surface area (Å²) >= 11 is 5.75. The van der Waals surface area contributed by atoms with Crippen LogP contribution in [-0.2, 0) is 11.2 Å². The first-order valence-electron chi connectivity index (χ1n) is 4.67. The maximum atomic E-state index is 10.7. The van der Waals surface area contributed by atoms with Crippen LogP contribution in [0.2, 0.25) is 5.15 Å². The number of nitrogens with zero attached hydrogens (tertiary/aromatic N) is 1. The first-order chi connectivity index (χ1) is 6.99. The molecule has 0 aromatic carbocycles. The maximum absolute atomic E-state index is 10.7. The first kappa shape index (κ1) is 11.8. The molecule has 0 spiro atoms. The van der Waals surface area contributed by atoms with Gasteiger partial charge in [-0.3, -0.25) is 4.79 Å². The van der Waals surface area contributed by atoms with E-state index in [9.17, 15) is 4.79 Å². The second-order valence-corrected chi connectivity index (χ2v) is 4.07. The van der Waals surface area contributed by atoms with Crippen molar-refractivity contribution in [3.63, 3.8) is 0 Å².